The Morgan fingerprint density at radius 3 is 2.80 bits per heavy atom. The van der Waals surface area contributed by atoms with E-state index in [0.717, 1.165) is 60.8 Å². The summed E-state index contributed by atoms with van der Waals surface area (Å²) in [5.74, 6) is 2.15. The van der Waals surface area contributed by atoms with E-state index in [1.807, 2.05) is 20.0 Å². The summed E-state index contributed by atoms with van der Waals surface area (Å²) < 4.78 is 5.40. The molecule has 0 unspecified atom stereocenters. The number of carbonyl (C=O) groups excluding carboxylic acids is 1. The molecule has 6 heteroatoms. The second-order valence-corrected chi connectivity index (χ2v) is 7.07. The van der Waals surface area contributed by atoms with Gasteiger partial charge in [0, 0.05) is 36.8 Å². The Bertz CT molecular complexity index is 777. The Morgan fingerprint density at radius 1 is 1.28 bits per heavy atom. The third-order valence-corrected chi connectivity index (χ3v) is 5.40. The van der Waals surface area contributed by atoms with Gasteiger partial charge in [-0.2, -0.15) is 4.98 Å². The highest BCUT2D eigenvalue weighted by molar-refractivity contribution is 6.01. The van der Waals surface area contributed by atoms with E-state index in [0.29, 0.717) is 18.4 Å². The molecular formula is C19H24N4O2. The third kappa shape index (κ3) is 3.13. The number of carbonyl (C=O) groups is 1. The van der Waals surface area contributed by atoms with Crippen LogP contribution >= 0.6 is 0 Å². The number of hydrogen-bond donors (Lipinski definition) is 1. The number of hydrogen-bond acceptors (Lipinski definition) is 5. The van der Waals surface area contributed by atoms with Crippen LogP contribution in [-0.2, 0) is 17.6 Å². The van der Waals surface area contributed by atoms with Crippen LogP contribution in [-0.4, -0.2) is 29.1 Å². The van der Waals surface area contributed by atoms with E-state index in [4.69, 9.17) is 4.52 Å². The predicted molar refractivity (Wildman–Crippen MR) is 95.9 cm³/mol. The number of aromatic nitrogens is 2. The van der Waals surface area contributed by atoms with Crippen LogP contribution in [0.25, 0.3) is 0 Å². The lowest BCUT2D eigenvalue weighted by Crippen LogP contribution is -2.25. The molecule has 1 aliphatic carbocycles. The number of anilines is 2. The van der Waals surface area contributed by atoms with E-state index in [1.54, 1.807) is 4.90 Å². The molecule has 1 aliphatic heterocycles. The molecule has 0 spiro atoms. The maximum Gasteiger partial charge on any atom is 0.231 e. The number of aryl methyl sites for hydroxylation is 1. The molecule has 2 heterocycles. The Balaban J connectivity index is 1.36. The molecule has 1 N–H and O–H groups in total. The summed E-state index contributed by atoms with van der Waals surface area (Å²) in [6.07, 6.45) is 5.63. The molecule has 1 amide bonds. The van der Waals surface area contributed by atoms with Crippen LogP contribution < -0.4 is 10.2 Å². The van der Waals surface area contributed by atoms with Crippen LogP contribution in [0.15, 0.2) is 22.7 Å². The first-order valence-corrected chi connectivity index (χ1v) is 9.12. The van der Waals surface area contributed by atoms with Crippen LogP contribution in [0.3, 0.4) is 0 Å². The van der Waals surface area contributed by atoms with Crippen molar-refractivity contribution in [1.29, 1.82) is 0 Å². The Morgan fingerprint density at radius 2 is 2.08 bits per heavy atom. The quantitative estimate of drug-likeness (QED) is 0.925. The highest BCUT2D eigenvalue weighted by atomic mass is 16.5. The van der Waals surface area contributed by atoms with Crippen molar-refractivity contribution in [2.75, 3.05) is 17.3 Å². The lowest BCUT2D eigenvalue weighted by Gasteiger charge is -2.28. The highest BCUT2D eigenvalue weighted by Crippen LogP contribution is 2.35. The molecule has 4 rings (SSSR count). The fraction of sp³-hybridized carbons (Fsp3) is 0.526. The van der Waals surface area contributed by atoms with Crippen molar-refractivity contribution in [3.63, 3.8) is 0 Å². The summed E-state index contributed by atoms with van der Waals surface area (Å²) in [6, 6.07) is 6.69. The van der Waals surface area contributed by atoms with Gasteiger partial charge in [0.25, 0.3) is 0 Å². The smallest absolute Gasteiger partial charge is 0.231 e. The van der Waals surface area contributed by atoms with Gasteiger partial charge in [0.1, 0.15) is 0 Å². The van der Waals surface area contributed by atoms with E-state index in [-0.39, 0.29) is 5.91 Å². The van der Waals surface area contributed by atoms with Gasteiger partial charge in [0.15, 0.2) is 5.82 Å². The molecule has 1 saturated carbocycles. The van der Waals surface area contributed by atoms with Crippen LogP contribution in [0, 0.1) is 0 Å². The van der Waals surface area contributed by atoms with Gasteiger partial charge in [-0.1, -0.05) is 12.1 Å². The average molecular weight is 340 g/mol. The first kappa shape index (κ1) is 16.1. The first-order valence-electron chi connectivity index (χ1n) is 9.12. The molecular weight excluding hydrogens is 316 g/mol. The van der Waals surface area contributed by atoms with E-state index in [9.17, 15) is 4.79 Å². The molecule has 6 nitrogen and oxygen atoms in total. The number of rotatable bonds is 4. The SMILES string of the molecule is CCc1noc(C2CCC(Nc3ccc4c(c3)CC(=O)N4C)CC2)n1. The van der Waals surface area contributed by atoms with Crippen molar-refractivity contribution in [1.82, 2.24) is 10.1 Å². The van der Waals surface area contributed by atoms with Gasteiger partial charge in [0.05, 0.1) is 6.42 Å². The van der Waals surface area contributed by atoms with Crippen molar-refractivity contribution in [2.24, 2.45) is 0 Å². The molecule has 0 bridgehead atoms. The number of nitrogens with one attached hydrogen (secondary N) is 1. The lowest BCUT2D eigenvalue weighted by atomic mass is 9.86. The summed E-state index contributed by atoms with van der Waals surface area (Å²) in [5.41, 5.74) is 3.25. The summed E-state index contributed by atoms with van der Waals surface area (Å²) in [5, 5.41) is 7.64. The molecule has 1 fully saturated rings. The molecule has 132 valence electrons. The summed E-state index contributed by atoms with van der Waals surface area (Å²) >= 11 is 0. The number of amides is 1. The zero-order valence-corrected chi connectivity index (χ0v) is 14.8. The van der Waals surface area contributed by atoms with Gasteiger partial charge in [-0.15, -0.1) is 0 Å². The molecule has 1 aromatic heterocycles. The zero-order chi connectivity index (χ0) is 17.4. The van der Waals surface area contributed by atoms with E-state index in [1.165, 1.54) is 0 Å². The number of likely N-dealkylation sites (N-methyl/N-ethyl adjacent to an activating group) is 1. The van der Waals surface area contributed by atoms with Gasteiger partial charge in [-0.25, -0.2) is 0 Å². The first-order chi connectivity index (χ1) is 12.1. The number of benzene rings is 1. The van der Waals surface area contributed by atoms with Gasteiger partial charge in [-0.3, -0.25) is 4.79 Å². The van der Waals surface area contributed by atoms with Crippen molar-refractivity contribution >= 4 is 17.3 Å². The lowest BCUT2D eigenvalue weighted by molar-refractivity contribution is -0.117. The second kappa shape index (κ2) is 6.50. The normalized spacial score (nSPS) is 23.0. The number of fused-ring (bicyclic) bond motifs is 1. The molecule has 0 saturated heterocycles. The van der Waals surface area contributed by atoms with E-state index in [2.05, 4.69) is 27.6 Å². The minimum atomic E-state index is 0.165. The van der Waals surface area contributed by atoms with Crippen molar-refractivity contribution in [2.45, 2.75) is 57.4 Å². The fourth-order valence-electron chi connectivity index (χ4n) is 3.86. The van der Waals surface area contributed by atoms with Crippen molar-refractivity contribution < 1.29 is 9.32 Å². The molecule has 25 heavy (non-hydrogen) atoms. The zero-order valence-electron chi connectivity index (χ0n) is 14.8. The topological polar surface area (TPSA) is 71.3 Å². The molecule has 2 aromatic rings. The molecule has 1 aromatic carbocycles. The molecule has 0 radical (unpaired) electrons. The van der Waals surface area contributed by atoms with Crippen LogP contribution in [0.5, 0.6) is 0 Å². The van der Waals surface area contributed by atoms with Crippen LogP contribution in [0.1, 0.15) is 55.8 Å². The Kier molecular flexibility index (Phi) is 4.19. The Labute approximate surface area is 147 Å². The standard InChI is InChI=1S/C19H24N4O2/c1-3-17-21-19(25-22-17)12-4-6-14(7-5-12)20-15-8-9-16-13(10-15)11-18(24)23(16)2/h8-10,12,14,20H,3-7,11H2,1-2H3. The minimum Gasteiger partial charge on any atom is -0.382 e. The predicted octanol–water partition coefficient (Wildman–Crippen LogP) is 3.29. The maximum absolute atomic E-state index is 11.8. The maximum atomic E-state index is 11.8. The fourth-order valence-corrected chi connectivity index (χ4v) is 3.86. The molecule has 2 aliphatic rings. The van der Waals surface area contributed by atoms with Gasteiger partial charge in [-0.05, 0) is 49.4 Å². The second-order valence-electron chi connectivity index (χ2n) is 7.07. The summed E-state index contributed by atoms with van der Waals surface area (Å²) in [4.78, 5) is 18.0. The highest BCUT2D eigenvalue weighted by Gasteiger charge is 2.27. The van der Waals surface area contributed by atoms with Crippen LogP contribution in [0.2, 0.25) is 0 Å². The minimum absolute atomic E-state index is 0.165. The Hall–Kier alpha value is -2.37. The van der Waals surface area contributed by atoms with E-state index >= 15 is 0 Å². The monoisotopic (exact) mass is 340 g/mol. The average Bonchev–Trinajstić information content (AvgIpc) is 3.21. The summed E-state index contributed by atoms with van der Waals surface area (Å²) in [7, 11) is 1.84. The van der Waals surface area contributed by atoms with Gasteiger partial charge in [0.2, 0.25) is 11.8 Å². The largest absolute Gasteiger partial charge is 0.382 e. The molecule has 0 atom stereocenters. The van der Waals surface area contributed by atoms with Gasteiger partial charge < -0.3 is 14.7 Å². The number of nitrogens with zero attached hydrogens (tertiary/aromatic N) is 3. The third-order valence-electron chi connectivity index (χ3n) is 5.40. The van der Waals surface area contributed by atoms with Crippen molar-refractivity contribution in [3.8, 4) is 0 Å². The van der Waals surface area contributed by atoms with Crippen LogP contribution in [0.4, 0.5) is 11.4 Å². The van der Waals surface area contributed by atoms with E-state index < -0.39 is 0 Å². The summed E-state index contributed by atoms with van der Waals surface area (Å²) in [6.45, 7) is 2.04. The van der Waals surface area contributed by atoms with Crippen molar-refractivity contribution in [3.05, 3.63) is 35.5 Å². The van der Waals surface area contributed by atoms with Gasteiger partial charge >= 0.3 is 0 Å².